The quantitative estimate of drug-likeness (QED) is 0.872. The van der Waals surface area contributed by atoms with E-state index in [-0.39, 0.29) is 13.0 Å². The van der Waals surface area contributed by atoms with Crippen LogP contribution >= 0.6 is 15.9 Å². The van der Waals surface area contributed by atoms with Crippen molar-refractivity contribution in [1.82, 2.24) is 0 Å². The molecule has 1 aromatic rings. The van der Waals surface area contributed by atoms with Crippen molar-refractivity contribution in [2.75, 3.05) is 6.61 Å². The zero-order valence-electron chi connectivity index (χ0n) is 10.0. The average Bonchev–Trinajstić information content (AvgIpc) is 2.57. The number of ether oxygens (including phenoxy) is 1. The summed E-state index contributed by atoms with van der Waals surface area (Å²) < 4.78 is 18.9. The van der Waals surface area contributed by atoms with Crippen LogP contribution in [0.15, 0.2) is 16.6 Å². The van der Waals surface area contributed by atoms with Gasteiger partial charge in [0.05, 0.1) is 13.0 Å². The van der Waals surface area contributed by atoms with Crippen LogP contribution in [-0.2, 0) is 21.6 Å². The molecule has 2 rings (SSSR count). The molecule has 0 amide bonds. The zero-order valence-corrected chi connectivity index (χ0v) is 11.6. The third-order valence-corrected chi connectivity index (χ3v) is 3.90. The lowest BCUT2D eigenvalue weighted by atomic mass is 9.92. The monoisotopic (exact) mass is 316 g/mol. The number of carbonyl (C=O) groups excluding carboxylic acids is 1. The predicted molar refractivity (Wildman–Crippen MR) is 67.6 cm³/mol. The highest BCUT2D eigenvalue weighted by Gasteiger charge is 2.40. The van der Waals surface area contributed by atoms with Gasteiger partial charge in [-0.1, -0.05) is 15.9 Å². The molecule has 0 radical (unpaired) electrons. The number of hydrogen-bond acceptors (Lipinski definition) is 3. The van der Waals surface area contributed by atoms with Crippen molar-refractivity contribution in [2.24, 2.45) is 0 Å². The van der Waals surface area contributed by atoms with Gasteiger partial charge in [-0.05, 0) is 43.0 Å². The lowest BCUT2D eigenvalue weighted by Gasteiger charge is -2.23. The lowest BCUT2D eigenvalue weighted by molar-refractivity contribution is -0.149. The van der Waals surface area contributed by atoms with Gasteiger partial charge in [0, 0.05) is 4.47 Å². The molecule has 0 saturated heterocycles. The van der Waals surface area contributed by atoms with Crippen molar-refractivity contribution in [1.29, 1.82) is 0 Å². The second-order valence-electron chi connectivity index (χ2n) is 4.43. The molecule has 0 spiro atoms. The smallest absolute Gasteiger partial charge is 0.309 e. The standard InChI is InChI=1S/C13H14BrFO3/c1-2-18-12(16)7-13(17)4-3-9-10(13)5-8(15)6-11(9)14/h5-6,17H,2-4,7H2,1H3. The summed E-state index contributed by atoms with van der Waals surface area (Å²) in [6.07, 6.45) is 0.888. The summed E-state index contributed by atoms with van der Waals surface area (Å²) in [5.74, 6) is -0.891. The van der Waals surface area contributed by atoms with E-state index in [9.17, 15) is 14.3 Å². The number of esters is 1. The first-order valence-corrected chi connectivity index (χ1v) is 6.62. The molecule has 0 fully saturated rings. The Bertz CT molecular complexity index is 489. The Morgan fingerprint density at radius 2 is 2.33 bits per heavy atom. The molecule has 3 nitrogen and oxygen atoms in total. The van der Waals surface area contributed by atoms with E-state index in [4.69, 9.17) is 4.74 Å². The highest BCUT2D eigenvalue weighted by atomic mass is 79.9. The minimum Gasteiger partial charge on any atom is -0.466 e. The van der Waals surface area contributed by atoms with Crippen LogP contribution in [0.3, 0.4) is 0 Å². The van der Waals surface area contributed by atoms with Gasteiger partial charge >= 0.3 is 5.97 Å². The van der Waals surface area contributed by atoms with Crippen LogP contribution < -0.4 is 0 Å². The molecule has 1 N–H and O–H groups in total. The van der Waals surface area contributed by atoms with Gasteiger partial charge in [-0.2, -0.15) is 0 Å². The highest BCUT2D eigenvalue weighted by Crippen LogP contribution is 2.42. The van der Waals surface area contributed by atoms with Crippen molar-refractivity contribution in [2.45, 2.75) is 31.8 Å². The van der Waals surface area contributed by atoms with Gasteiger partial charge in [0.2, 0.25) is 0 Å². The molecule has 0 bridgehead atoms. The molecule has 1 atom stereocenters. The summed E-state index contributed by atoms with van der Waals surface area (Å²) in [7, 11) is 0. The van der Waals surface area contributed by atoms with Crippen molar-refractivity contribution >= 4 is 21.9 Å². The van der Waals surface area contributed by atoms with Gasteiger partial charge in [-0.25, -0.2) is 4.39 Å². The minimum absolute atomic E-state index is 0.135. The summed E-state index contributed by atoms with van der Waals surface area (Å²) >= 11 is 3.28. The molecule has 1 unspecified atom stereocenters. The first-order chi connectivity index (χ1) is 8.46. The van der Waals surface area contributed by atoms with Crippen LogP contribution in [0.25, 0.3) is 0 Å². The molecule has 0 heterocycles. The Kier molecular flexibility index (Phi) is 3.73. The Balaban J connectivity index is 2.32. The van der Waals surface area contributed by atoms with Crippen LogP contribution in [0.2, 0.25) is 0 Å². The van der Waals surface area contributed by atoms with Crippen molar-refractivity contribution < 1.29 is 19.0 Å². The Hall–Kier alpha value is -0.940. The molecular formula is C13H14BrFO3. The van der Waals surface area contributed by atoms with Gasteiger partial charge in [0.1, 0.15) is 11.4 Å². The van der Waals surface area contributed by atoms with Crippen LogP contribution in [-0.4, -0.2) is 17.7 Å². The van der Waals surface area contributed by atoms with E-state index in [1.807, 2.05) is 0 Å². The normalized spacial score (nSPS) is 21.8. The summed E-state index contributed by atoms with van der Waals surface area (Å²) in [6.45, 7) is 1.98. The second-order valence-corrected chi connectivity index (χ2v) is 5.28. The number of benzene rings is 1. The molecule has 0 saturated carbocycles. The third kappa shape index (κ3) is 2.42. The second kappa shape index (κ2) is 4.97. The number of fused-ring (bicyclic) bond motifs is 1. The van der Waals surface area contributed by atoms with Crippen LogP contribution in [0.4, 0.5) is 4.39 Å². The van der Waals surface area contributed by atoms with E-state index < -0.39 is 17.4 Å². The van der Waals surface area contributed by atoms with Gasteiger partial charge in [0.15, 0.2) is 0 Å². The van der Waals surface area contributed by atoms with E-state index in [1.165, 1.54) is 12.1 Å². The van der Waals surface area contributed by atoms with Crippen LogP contribution in [0.1, 0.15) is 30.9 Å². The fraction of sp³-hybridized carbons (Fsp3) is 0.462. The topological polar surface area (TPSA) is 46.5 Å². The Morgan fingerprint density at radius 1 is 1.61 bits per heavy atom. The number of carbonyl (C=O) groups is 1. The van der Waals surface area contributed by atoms with Gasteiger partial charge in [0.25, 0.3) is 0 Å². The summed E-state index contributed by atoms with van der Waals surface area (Å²) in [5.41, 5.74) is 0.0391. The third-order valence-electron chi connectivity index (χ3n) is 3.19. The van der Waals surface area contributed by atoms with E-state index >= 15 is 0 Å². The maximum atomic E-state index is 13.4. The van der Waals surface area contributed by atoms with Crippen LogP contribution in [0.5, 0.6) is 0 Å². The first kappa shape index (κ1) is 13.5. The summed E-state index contributed by atoms with van der Waals surface area (Å²) in [4.78, 5) is 11.5. The van der Waals surface area contributed by atoms with Gasteiger partial charge < -0.3 is 9.84 Å². The summed E-state index contributed by atoms with van der Waals surface area (Å²) in [5, 5.41) is 10.5. The minimum atomic E-state index is -1.31. The highest BCUT2D eigenvalue weighted by molar-refractivity contribution is 9.10. The van der Waals surface area contributed by atoms with Crippen molar-refractivity contribution in [3.63, 3.8) is 0 Å². The Labute approximate surface area is 113 Å². The SMILES string of the molecule is CCOC(=O)CC1(O)CCc2c(Br)cc(F)cc21. The molecule has 0 aliphatic heterocycles. The fourth-order valence-electron chi connectivity index (χ4n) is 2.37. The number of rotatable bonds is 3. The molecule has 1 aromatic carbocycles. The van der Waals surface area contributed by atoms with Crippen molar-refractivity contribution in [3.8, 4) is 0 Å². The van der Waals surface area contributed by atoms with E-state index in [0.29, 0.717) is 22.9 Å². The van der Waals surface area contributed by atoms with E-state index in [2.05, 4.69) is 15.9 Å². The fourth-order valence-corrected chi connectivity index (χ4v) is 3.00. The molecule has 18 heavy (non-hydrogen) atoms. The molecular weight excluding hydrogens is 303 g/mol. The number of aliphatic hydroxyl groups is 1. The molecule has 1 aliphatic rings. The average molecular weight is 317 g/mol. The number of halogens is 2. The Morgan fingerprint density at radius 3 is 3.00 bits per heavy atom. The van der Waals surface area contributed by atoms with E-state index in [0.717, 1.165) is 5.56 Å². The maximum absolute atomic E-state index is 13.4. The molecule has 1 aliphatic carbocycles. The summed E-state index contributed by atoms with van der Waals surface area (Å²) in [6, 6.07) is 2.67. The first-order valence-electron chi connectivity index (χ1n) is 5.82. The largest absolute Gasteiger partial charge is 0.466 e. The zero-order chi connectivity index (χ0) is 13.3. The molecule has 0 aromatic heterocycles. The molecule has 5 heteroatoms. The van der Waals surface area contributed by atoms with Gasteiger partial charge in [-0.15, -0.1) is 0 Å². The van der Waals surface area contributed by atoms with Gasteiger partial charge in [-0.3, -0.25) is 4.79 Å². The lowest BCUT2D eigenvalue weighted by Crippen LogP contribution is -2.27. The van der Waals surface area contributed by atoms with Crippen molar-refractivity contribution in [3.05, 3.63) is 33.5 Å². The number of hydrogen-bond donors (Lipinski definition) is 1. The molecule has 98 valence electrons. The maximum Gasteiger partial charge on any atom is 0.309 e. The van der Waals surface area contributed by atoms with E-state index in [1.54, 1.807) is 6.92 Å². The predicted octanol–water partition coefficient (Wildman–Crippen LogP) is 2.68. The van der Waals surface area contributed by atoms with Crippen LogP contribution in [0, 0.1) is 5.82 Å².